The molecule has 0 bridgehead atoms. The van der Waals surface area contributed by atoms with E-state index in [1.807, 2.05) is 4.90 Å². The summed E-state index contributed by atoms with van der Waals surface area (Å²) in [6, 6.07) is 7.83. The molecule has 2 heterocycles. The van der Waals surface area contributed by atoms with Crippen LogP contribution in [-0.2, 0) is 13.0 Å². The second-order valence-electron chi connectivity index (χ2n) is 6.96. The van der Waals surface area contributed by atoms with E-state index in [-0.39, 0.29) is 5.91 Å². The quantitative estimate of drug-likeness (QED) is 0.791. The summed E-state index contributed by atoms with van der Waals surface area (Å²) in [7, 11) is 0. The van der Waals surface area contributed by atoms with Gasteiger partial charge >= 0.3 is 0 Å². The standard InChI is InChI=1S/C20H20N4OS/c1-13-9-15-7-4-8-16(19(15)26-13)12-24(11-14-5-3-6-14)20(25)17-10-18(21-2)23-22-17/h4,7-8,10,14H,1,3,5-6,9,11-12H2,(H,22,23). The Morgan fingerprint density at radius 2 is 2.31 bits per heavy atom. The number of carbonyl (C=O) groups excluding carboxylic acids is 1. The molecule has 1 aliphatic carbocycles. The lowest BCUT2D eigenvalue weighted by atomic mass is 9.85. The first-order valence-electron chi connectivity index (χ1n) is 8.82. The molecule has 1 aliphatic heterocycles. The zero-order chi connectivity index (χ0) is 18.1. The van der Waals surface area contributed by atoms with E-state index in [9.17, 15) is 4.79 Å². The predicted molar refractivity (Wildman–Crippen MR) is 102 cm³/mol. The number of amides is 1. The topological polar surface area (TPSA) is 53.4 Å². The van der Waals surface area contributed by atoms with Gasteiger partial charge in [-0.15, -0.1) is 0 Å². The molecule has 1 aromatic carbocycles. The van der Waals surface area contributed by atoms with Crippen LogP contribution in [0.4, 0.5) is 5.82 Å². The molecule has 2 aromatic rings. The third-order valence-corrected chi connectivity index (χ3v) is 6.23. The number of aromatic nitrogens is 2. The van der Waals surface area contributed by atoms with Gasteiger partial charge < -0.3 is 9.74 Å². The highest BCUT2D eigenvalue weighted by Gasteiger charge is 2.28. The van der Waals surface area contributed by atoms with Gasteiger partial charge in [-0.3, -0.25) is 4.79 Å². The molecule has 0 radical (unpaired) electrons. The molecule has 6 heteroatoms. The molecule has 5 nitrogen and oxygen atoms in total. The van der Waals surface area contributed by atoms with E-state index < -0.39 is 0 Å². The zero-order valence-corrected chi connectivity index (χ0v) is 15.3. The maximum atomic E-state index is 13.0. The van der Waals surface area contributed by atoms with Crippen molar-refractivity contribution in [1.29, 1.82) is 0 Å². The van der Waals surface area contributed by atoms with Crippen molar-refractivity contribution in [3.8, 4) is 0 Å². The number of fused-ring (bicyclic) bond motifs is 1. The molecular weight excluding hydrogens is 344 g/mol. The van der Waals surface area contributed by atoms with Crippen LogP contribution in [0.1, 0.15) is 40.9 Å². The number of thioether (sulfide) groups is 1. The number of hydrogen-bond donors (Lipinski definition) is 1. The molecule has 4 rings (SSSR count). The normalized spacial score (nSPS) is 16.0. The number of nitrogens with one attached hydrogen (secondary N) is 1. The van der Waals surface area contributed by atoms with Crippen molar-refractivity contribution in [1.82, 2.24) is 15.1 Å². The minimum atomic E-state index is -0.109. The highest BCUT2D eigenvalue weighted by molar-refractivity contribution is 8.03. The van der Waals surface area contributed by atoms with Crippen LogP contribution in [0.25, 0.3) is 4.85 Å². The molecule has 0 unspecified atom stereocenters. The van der Waals surface area contributed by atoms with Gasteiger partial charge in [0.1, 0.15) is 0 Å². The zero-order valence-electron chi connectivity index (χ0n) is 14.5. The molecule has 1 fully saturated rings. The first kappa shape index (κ1) is 16.9. The van der Waals surface area contributed by atoms with Gasteiger partial charge in [0.05, 0.1) is 0 Å². The molecule has 1 amide bonds. The second-order valence-corrected chi connectivity index (χ2v) is 8.15. The van der Waals surface area contributed by atoms with E-state index in [4.69, 9.17) is 6.57 Å². The molecular formula is C20H20N4OS. The minimum absolute atomic E-state index is 0.109. The van der Waals surface area contributed by atoms with Crippen LogP contribution in [0.15, 0.2) is 40.6 Å². The van der Waals surface area contributed by atoms with Gasteiger partial charge in [-0.1, -0.05) is 54.6 Å². The fourth-order valence-electron chi connectivity index (χ4n) is 3.48. The van der Waals surface area contributed by atoms with E-state index in [1.54, 1.807) is 11.8 Å². The number of H-pyrrole nitrogens is 1. The van der Waals surface area contributed by atoms with E-state index >= 15 is 0 Å². The van der Waals surface area contributed by atoms with Crippen LogP contribution >= 0.6 is 11.8 Å². The van der Waals surface area contributed by atoms with Gasteiger partial charge in [0.2, 0.25) is 0 Å². The van der Waals surface area contributed by atoms with Gasteiger partial charge in [0, 0.05) is 24.4 Å². The number of nitrogens with zero attached hydrogens (tertiary/aromatic N) is 3. The molecule has 0 atom stereocenters. The lowest BCUT2D eigenvalue weighted by Gasteiger charge is -2.32. The Labute approximate surface area is 157 Å². The number of benzene rings is 1. The highest BCUT2D eigenvalue weighted by atomic mass is 32.2. The summed E-state index contributed by atoms with van der Waals surface area (Å²) >= 11 is 1.72. The van der Waals surface area contributed by atoms with Crippen molar-refractivity contribution < 1.29 is 4.79 Å². The Morgan fingerprint density at radius 1 is 1.46 bits per heavy atom. The summed E-state index contributed by atoms with van der Waals surface area (Å²) in [5.41, 5.74) is 2.78. The summed E-state index contributed by atoms with van der Waals surface area (Å²) < 4.78 is 0. The first-order chi connectivity index (χ1) is 12.6. The second kappa shape index (κ2) is 7.00. The average molecular weight is 364 g/mol. The van der Waals surface area contributed by atoms with Crippen molar-refractivity contribution in [2.24, 2.45) is 5.92 Å². The Hall–Kier alpha value is -2.52. The maximum Gasteiger partial charge on any atom is 0.275 e. The van der Waals surface area contributed by atoms with Gasteiger partial charge in [-0.2, -0.15) is 0 Å². The fraction of sp³-hybridized carbons (Fsp3) is 0.350. The largest absolute Gasteiger partial charge is 0.362 e. The first-order valence-corrected chi connectivity index (χ1v) is 9.64. The molecule has 26 heavy (non-hydrogen) atoms. The van der Waals surface area contributed by atoms with Crippen LogP contribution in [-0.4, -0.2) is 27.5 Å². The minimum Gasteiger partial charge on any atom is -0.362 e. The summed E-state index contributed by atoms with van der Waals surface area (Å²) in [6.45, 7) is 12.5. The van der Waals surface area contributed by atoms with Gasteiger partial charge in [-0.05, 0) is 40.9 Å². The molecule has 2 aliphatic rings. The number of rotatable bonds is 5. The van der Waals surface area contributed by atoms with E-state index in [0.29, 0.717) is 24.0 Å². The molecule has 1 aromatic heterocycles. The highest BCUT2D eigenvalue weighted by Crippen LogP contribution is 2.41. The van der Waals surface area contributed by atoms with E-state index in [1.165, 1.54) is 41.4 Å². The van der Waals surface area contributed by atoms with Crippen LogP contribution in [0, 0.1) is 12.5 Å². The number of carbonyl (C=O) groups is 1. The number of hydrogen-bond acceptors (Lipinski definition) is 3. The van der Waals surface area contributed by atoms with E-state index in [0.717, 1.165) is 17.9 Å². The lowest BCUT2D eigenvalue weighted by molar-refractivity contribution is 0.0672. The van der Waals surface area contributed by atoms with Crippen LogP contribution < -0.4 is 0 Å². The van der Waals surface area contributed by atoms with Gasteiger partial charge in [0.15, 0.2) is 5.69 Å². The van der Waals surface area contributed by atoms with Crippen molar-refractivity contribution in [2.45, 2.75) is 37.1 Å². The summed E-state index contributed by atoms with van der Waals surface area (Å²) in [6.07, 6.45) is 4.50. The van der Waals surface area contributed by atoms with Crippen LogP contribution in [0.2, 0.25) is 0 Å². The Balaban J connectivity index is 1.60. The average Bonchev–Trinajstić information content (AvgIpc) is 3.22. The lowest BCUT2D eigenvalue weighted by Crippen LogP contribution is -2.37. The SMILES string of the molecule is [C-]#[N+]c1cc(C(=O)N(Cc2cccc3c2SC(=C)C3)CC2CCC2)n[nH]1. The smallest absolute Gasteiger partial charge is 0.275 e. The third-order valence-electron chi connectivity index (χ3n) is 5.07. The van der Waals surface area contributed by atoms with Crippen LogP contribution in [0.5, 0.6) is 0 Å². The Morgan fingerprint density at radius 3 is 3.00 bits per heavy atom. The molecule has 0 saturated heterocycles. The molecule has 0 spiro atoms. The van der Waals surface area contributed by atoms with Gasteiger partial charge in [0.25, 0.3) is 11.7 Å². The molecule has 132 valence electrons. The predicted octanol–water partition coefficient (Wildman–Crippen LogP) is 4.56. The van der Waals surface area contributed by atoms with Crippen molar-refractivity contribution in [3.63, 3.8) is 0 Å². The summed E-state index contributed by atoms with van der Waals surface area (Å²) in [4.78, 5) is 20.6. The Bertz CT molecular complexity index is 907. The van der Waals surface area contributed by atoms with Crippen LogP contribution in [0.3, 0.4) is 0 Å². The maximum absolute atomic E-state index is 13.0. The Kier molecular flexibility index (Phi) is 4.56. The molecule has 1 saturated carbocycles. The monoisotopic (exact) mass is 364 g/mol. The third kappa shape index (κ3) is 3.27. The van der Waals surface area contributed by atoms with Crippen molar-refractivity contribution >= 4 is 23.5 Å². The van der Waals surface area contributed by atoms with Crippen molar-refractivity contribution in [3.05, 3.63) is 64.0 Å². The number of aromatic amines is 1. The van der Waals surface area contributed by atoms with Crippen molar-refractivity contribution in [2.75, 3.05) is 6.54 Å². The molecule has 1 N–H and O–H groups in total. The fourth-order valence-corrected chi connectivity index (χ4v) is 4.53. The number of allylic oxidation sites excluding steroid dienone is 1. The summed E-state index contributed by atoms with van der Waals surface area (Å²) in [5, 5.41) is 6.65. The van der Waals surface area contributed by atoms with E-state index in [2.05, 4.69) is 39.8 Å². The van der Waals surface area contributed by atoms with Gasteiger partial charge in [-0.25, -0.2) is 5.10 Å². The summed E-state index contributed by atoms with van der Waals surface area (Å²) in [5.74, 6) is 0.754.